The number of rotatable bonds is 4. The van der Waals surface area contributed by atoms with Crippen LogP contribution in [0.5, 0.6) is 11.6 Å². The van der Waals surface area contributed by atoms with Gasteiger partial charge < -0.3 is 15.2 Å². The highest BCUT2D eigenvalue weighted by Gasteiger charge is 2.27. The normalized spacial score (nSPS) is 15.0. The van der Waals surface area contributed by atoms with Crippen molar-refractivity contribution in [3.8, 4) is 11.6 Å². The van der Waals surface area contributed by atoms with Crippen LogP contribution in [0.3, 0.4) is 0 Å². The van der Waals surface area contributed by atoms with Gasteiger partial charge in [-0.15, -0.1) is 10.2 Å². The van der Waals surface area contributed by atoms with Gasteiger partial charge in [-0.1, -0.05) is 15.9 Å². The summed E-state index contributed by atoms with van der Waals surface area (Å²) in [5.74, 6) is -1.87. The second-order valence-corrected chi connectivity index (χ2v) is 8.36. The van der Waals surface area contributed by atoms with Gasteiger partial charge in [-0.25, -0.2) is 0 Å². The molecular weight excluding hydrogens is 524 g/mol. The minimum atomic E-state index is -0.976. The Morgan fingerprint density at radius 1 is 1.12 bits per heavy atom. The number of nitrogens with one attached hydrogen (secondary N) is 1. The second-order valence-electron chi connectivity index (χ2n) is 6.44. The van der Waals surface area contributed by atoms with E-state index in [2.05, 4.69) is 36.1 Å². The Morgan fingerprint density at radius 3 is 2.58 bits per heavy atom. The first-order chi connectivity index (χ1) is 15.6. The number of nitro groups is 2. The Labute approximate surface area is 195 Å². The number of hydrogen-bond donors (Lipinski definition) is 3. The van der Waals surface area contributed by atoms with Crippen molar-refractivity contribution < 1.29 is 24.9 Å². The summed E-state index contributed by atoms with van der Waals surface area (Å²) >= 11 is 4.06. The number of carbonyl (C=O) groups excluding carboxylic acids is 1. The molecular formula is C18H9BrN6O7S. The molecule has 1 aliphatic heterocycles. The number of non-ortho nitro benzene ring substituents is 1. The average molecular weight is 533 g/mol. The third-order valence-electron chi connectivity index (χ3n) is 4.36. The number of aliphatic imine (C=N–C) groups is 1. The first kappa shape index (κ1) is 22.1. The van der Waals surface area contributed by atoms with Crippen LogP contribution in [-0.2, 0) is 4.79 Å². The molecule has 0 saturated heterocycles. The Balaban J connectivity index is 1.65. The molecule has 0 spiro atoms. The molecule has 15 heteroatoms. The van der Waals surface area contributed by atoms with Crippen LogP contribution < -0.4 is 0 Å². The van der Waals surface area contributed by atoms with Crippen LogP contribution in [-0.4, -0.2) is 36.1 Å². The van der Waals surface area contributed by atoms with Crippen LogP contribution in [0.2, 0.25) is 0 Å². The van der Waals surface area contributed by atoms with Crippen molar-refractivity contribution in [3.63, 3.8) is 0 Å². The van der Waals surface area contributed by atoms with Crippen LogP contribution in [0.25, 0.3) is 17.0 Å². The second kappa shape index (κ2) is 8.44. The number of nitrogens with zero attached hydrogens (tertiary/aromatic N) is 5. The van der Waals surface area contributed by atoms with Gasteiger partial charge in [0.05, 0.1) is 26.3 Å². The lowest BCUT2D eigenvalue weighted by molar-refractivity contribution is -0.394. The van der Waals surface area contributed by atoms with E-state index in [0.29, 0.717) is 17.0 Å². The number of nitro benzene ring substituents is 2. The summed E-state index contributed by atoms with van der Waals surface area (Å²) in [6.07, 6.45) is 1.04. The highest BCUT2D eigenvalue weighted by atomic mass is 79.9. The van der Waals surface area contributed by atoms with Gasteiger partial charge in [0.15, 0.2) is 5.69 Å². The smallest absolute Gasteiger partial charge is 0.318 e. The minimum absolute atomic E-state index is 0.0973. The van der Waals surface area contributed by atoms with E-state index in [4.69, 9.17) is 0 Å². The average Bonchev–Trinajstić information content (AvgIpc) is 3.25. The molecule has 0 bridgehead atoms. The molecule has 4 rings (SSSR count). The number of halogens is 1. The van der Waals surface area contributed by atoms with Crippen LogP contribution >= 0.6 is 27.7 Å². The van der Waals surface area contributed by atoms with Crippen molar-refractivity contribution in [3.05, 3.63) is 65.5 Å². The van der Waals surface area contributed by atoms with Crippen LogP contribution in [0, 0.1) is 20.2 Å². The summed E-state index contributed by atoms with van der Waals surface area (Å²) in [5.41, 5.74) is -1.10. The van der Waals surface area contributed by atoms with Crippen LogP contribution in [0.15, 0.2) is 54.9 Å². The fourth-order valence-corrected chi connectivity index (χ4v) is 3.98. The summed E-state index contributed by atoms with van der Waals surface area (Å²) in [7, 11) is 0. The van der Waals surface area contributed by atoms with Crippen molar-refractivity contribution in [2.75, 3.05) is 0 Å². The van der Waals surface area contributed by atoms with Gasteiger partial charge >= 0.3 is 5.69 Å². The zero-order valence-corrected chi connectivity index (χ0v) is 18.3. The number of thioether (sulfide) groups is 1. The van der Waals surface area contributed by atoms with Gasteiger partial charge in [-0.2, -0.15) is 4.99 Å². The number of amides is 1. The highest BCUT2D eigenvalue weighted by Crippen LogP contribution is 2.40. The van der Waals surface area contributed by atoms with Gasteiger partial charge in [0, 0.05) is 21.5 Å². The predicted molar refractivity (Wildman–Crippen MR) is 122 cm³/mol. The molecule has 0 saturated carbocycles. The van der Waals surface area contributed by atoms with E-state index in [1.807, 2.05) is 0 Å². The fourth-order valence-electron chi connectivity index (χ4n) is 2.89. The number of hydrogen-bond acceptors (Lipinski definition) is 10. The lowest BCUT2D eigenvalue weighted by Gasteiger charge is -2.02. The third-order valence-corrected chi connectivity index (χ3v) is 5.72. The quantitative estimate of drug-likeness (QED) is 0.182. The minimum Gasteiger partial charge on any atom is -0.502 e. The molecule has 1 aliphatic rings. The van der Waals surface area contributed by atoms with Crippen molar-refractivity contribution in [2.45, 2.75) is 0 Å². The number of carbonyl (C=O) groups is 1. The number of fused-ring (bicyclic) bond motifs is 1. The summed E-state index contributed by atoms with van der Waals surface area (Å²) in [5, 5.41) is 50.6. The fraction of sp³-hybridized carbons (Fsp3) is 0. The van der Waals surface area contributed by atoms with Crippen LogP contribution in [0.1, 0.15) is 5.56 Å². The number of benzene rings is 2. The molecule has 0 fully saturated rings. The maximum Gasteiger partial charge on any atom is 0.318 e. The molecule has 33 heavy (non-hydrogen) atoms. The molecule has 0 atom stereocenters. The Kier molecular flexibility index (Phi) is 5.65. The molecule has 0 unspecified atom stereocenters. The maximum absolute atomic E-state index is 12.2. The first-order valence-corrected chi connectivity index (χ1v) is 10.4. The van der Waals surface area contributed by atoms with Crippen molar-refractivity contribution >= 4 is 72.8 Å². The Morgan fingerprint density at radius 2 is 1.88 bits per heavy atom. The van der Waals surface area contributed by atoms with E-state index < -0.39 is 32.9 Å². The molecule has 3 aromatic rings. The standard InChI is InChI=1S/C18H9BrN6O7S/c19-8-1-2-11-10(5-8)14(17(28)20-11)22-23-18-21-16(27)13(33-18)4-7-3-9(24(29)30)6-12(15(7)26)25(31)32/h1-6,20,26,28H/b13-4-,23-22?. The molecule has 166 valence electrons. The monoisotopic (exact) mass is 532 g/mol. The topological polar surface area (TPSA) is 197 Å². The number of azo groups is 1. The zero-order valence-electron chi connectivity index (χ0n) is 15.9. The van der Waals surface area contributed by atoms with E-state index in [1.54, 1.807) is 18.2 Å². The SMILES string of the molecule is O=C1N=C(N=Nc2c(O)[nH]c3ccc(Br)cc23)S/C1=C\c1cc([N+](=O)[O-])cc([N+](=O)[O-])c1O. The Hall–Kier alpha value is -4.11. The third kappa shape index (κ3) is 4.31. The molecule has 0 aliphatic carbocycles. The Bertz CT molecular complexity index is 1460. The van der Waals surface area contributed by atoms with Gasteiger partial charge in [-0.3, -0.25) is 25.0 Å². The number of phenolic OH excluding ortho intramolecular Hbond substituents is 1. The number of aromatic amines is 1. The van der Waals surface area contributed by atoms with Crippen LogP contribution in [0.4, 0.5) is 17.1 Å². The number of phenols is 1. The van der Waals surface area contributed by atoms with Gasteiger partial charge in [0.2, 0.25) is 16.8 Å². The molecule has 2 heterocycles. The van der Waals surface area contributed by atoms with Crippen molar-refractivity contribution in [1.82, 2.24) is 4.98 Å². The number of H-pyrrole nitrogens is 1. The molecule has 13 nitrogen and oxygen atoms in total. The lowest BCUT2D eigenvalue weighted by Crippen LogP contribution is -1.96. The van der Waals surface area contributed by atoms with E-state index in [9.17, 15) is 35.2 Å². The molecule has 3 N–H and O–H groups in total. The first-order valence-electron chi connectivity index (χ1n) is 8.74. The summed E-state index contributed by atoms with van der Waals surface area (Å²) in [4.78, 5) is 38.9. The molecule has 1 amide bonds. The summed E-state index contributed by atoms with van der Waals surface area (Å²) in [6, 6.07) is 6.69. The number of amidine groups is 1. The summed E-state index contributed by atoms with van der Waals surface area (Å²) in [6.45, 7) is 0. The number of aromatic hydroxyl groups is 2. The molecule has 1 aromatic heterocycles. The van der Waals surface area contributed by atoms with E-state index in [0.717, 1.165) is 28.4 Å². The summed E-state index contributed by atoms with van der Waals surface area (Å²) < 4.78 is 0.740. The highest BCUT2D eigenvalue weighted by molar-refractivity contribution is 9.10. The van der Waals surface area contributed by atoms with Crippen molar-refractivity contribution in [1.29, 1.82) is 0 Å². The maximum atomic E-state index is 12.2. The van der Waals surface area contributed by atoms with Crippen molar-refractivity contribution in [2.24, 2.45) is 15.2 Å². The molecule has 2 aromatic carbocycles. The lowest BCUT2D eigenvalue weighted by atomic mass is 10.1. The zero-order chi connectivity index (χ0) is 23.9. The van der Waals surface area contributed by atoms with Gasteiger partial charge in [0.1, 0.15) is 0 Å². The van der Waals surface area contributed by atoms with E-state index in [1.165, 1.54) is 0 Å². The molecule has 0 radical (unpaired) electrons. The number of aromatic nitrogens is 1. The van der Waals surface area contributed by atoms with Gasteiger partial charge in [0.25, 0.3) is 11.6 Å². The largest absolute Gasteiger partial charge is 0.502 e. The van der Waals surface area contributed by atoms with E-state index >= 15 is 0 Å². The predicted octanol–water partition coefficient (Wildman–Crippen LogP) is 4.91. The van der Waals surface area contributed by atoms with Gasteiger partial charge in [-0.05, 0) is 36.0 Å². The van der Waals surface area contributed by atoms with E-state index in [-0.39, 0.29) is 27.2 Å².